The second-order valence-corrected chi connectivity index (χ2v) is 3.91. The molecule has 0 radical (unpaired) electrons. The predicted octanol–water partition coefficient (Wildman–Crippen LogP) is 2.94. The van der Waals surface area contributed by atoms with Gasteiger partial charge in [0, 0.05) is 5.92 Å². The molecule has 0 saturated heterocycles. The molecule has 0 bridgehead atoms. The SMILES string of the molecule is N#CC1=C(N)OC(C(F)(F)F)=C[C@@H]1c1ccccc1. The highest BCUT2D eigenvalue weighted by Crippen LogP contribution is 2.38. The molecule has 1 aromatic carbocycles. The summed E-state index contributed by atoms with van der Waals surface area (Å²) < 4.78 is 42.5. The molecule has 1 aliphatic heterocycles. The van der Waals surface area contributed by atoms with Gasteiger partial charge in [-0.3, -0.25) is 0 Å². The topological polar surface area (TPSA) is 59.0 Å². The number of nitrogens with zero attached hydrogens (tertiary/aromatic N) is 1. The molecule has 0 aliphatic carbocycles. The van der Waals surface area contributed by atoms with Crippen molar-refractivity contribution in [2.45, 2.75) is 12.1 Å². The van der Waals surface area contributed by atoms with Crippen molar-refractivity contribution in [2.24, 2.45) is 5.73 Å². The monoisotopic (exact) mass is 266 g/mol. The Balaban J connectivity index is 2.50. The van der Waals surface area contributed by atoms with Crippen LogP contribution in [-0.2, 0) is 4.74 Å². The average Bonchev–Trinajstić information content (AvgIpc) is 2.37. The Morgan fingerprint density at radius 3 is 2.37 bits per heavy atom. The molecule has 1 aliphatic rings. The largest absolute Gasteiger partial charge is 0.449 e. The Hall–Kier alpha value is -2.42. The lowest BCUT2D eigenvalue weighted by molar-refractivity contribution is -0.125. The number of benzene rings is 1. The summed E-state index contributed by atoms with van der Waals surface area (Å²) in [5, 5.41) is 9.00. The minimum Gasteiger partial charge on any atom is -0.436 e. The van der Waals surface area contributed by atoms with Crippen molar-refractivity contribution in [2.75, 3.05) is 0 Å². The number of ether oxygens (including phenoxy) is 1. The van der Waals surface area contributed by atoms with Gasteiger partial charge in [-0.05, 0) is 11.6 Å². The maximum Gasteiger partial charge on any atom is 0.449 e. The van der Waals surface area contributed by atoms with Crippen molar-refractivity contribution in [3.8, 4) is 6.07 Å². The third-order valence-corrected chi connectivity index (χ3v) is 2.67. The van der Waals surface area contributed by atoms with Gasteiger partial charge in [0.05, 0.1) is 0 Å². The molecule has 0 amide bonds. The Morgan fingerprint density at radius 1 is 1.21 bits per heavy atom. The molecule has 19 heavy (non-hydrogen) atoms. The third kappa shape index (κ3) is 2.55. The van der Waals surface area contributed by atoms with Crippen molar-refractivity contribution >= 4 is 0 Å². The van der Waals surface area contributed by atoms with Crippen molar-refractivity contribution < 1.29 is 17.9 Å². The lowest BCUT2D eigenvalue weighted by atomic mass is 9.90. The third-order valence-electron chi connectivity index (χ3n) is 2.67. The van der Waals surface area contributed by atoms with Crippen LogP contribution in [0.15, 0.2) is 53.6 Å². The van der Waals surface area contributed by atoms with Crippen molar-refractivity contribution in [1.29, 1.82) is 5.26 Å². The Labute approximate surface area is 107 Å². The lowest BCUT2D eigenvalue weighted by Gasteiger charge is -2.23. The minimum atomic E-state index is -4.64. The first-order valence-electron chi connectivity index (χ1n) is 5.35. The molecular formula is C13H9F3N2O. The highest BCUT2D eigenvalue weighted by Gasteiger charge is 2.40. The van der Waals surface area contributed by atoms with Crippen LogP contribution in [0, 0.1) is 11.3 Å². The molecule has 0 spiro atoms. The lowest BCUT2D eigenvalue weighted by Crippen LogP contribution is -2.24. The fourth-order valence-electron chi connectivity index (χ4n) is 1.80. The van der Waals surface area contributed by atoms with Crippen LogP contribution in [0.25, 0.3) is 0 Å². The van der Waals surface area contributed by atoms with E-state index < -0.39 is 23.7 Å². The van der Waals surface area contributed by atoms with Crippen LogP contribution >= 0.6 is 0 Å². The van der Waals surface area contributed by atoms with Gasteiger partial charge in [0.1, 0.15) is 11.6 Å². The first-order valence-corrected chi connectivity index (χ1v) is 5.35. The van der Waals surface area contributed by atoms with Crippen LogP contribution in [0.2, 0.25) is 0 Å². The Bertz CT molecular complexity index is 582. The standard InChI is InChI=1S/C13H9F3N2O/c14-13(15,16)11-6-9(8-4-2-1-3-5-8)10(7-17)12(18)19-11/h1-6,9H,18H2/t9-/m1/s1. The molecule has 0 saturated carbocycles. The molecule has 6 heteroatoms. The average molecular weight is 266 g/mol. The van der Waals surface area contributed by atoms with Crippen LogP contribution < -0.4 is 5.73 Å². The van der Waals surface area contributed by atoms with E-state index in [-0.39, 0.29) is 5.57 Å². The minimum absolute atomic E-state index is 0.0285. The van der Waals surface area contributed by atoms with E-state index >= 15 is 0 Å². The first-order chi connectivity index (χ1) is 8.93. The number of hydrogen-bond acceptors (Lipinski definition) is 3. The summed E-state index contributed by atoms with van der Waals surface area (Å²) in [5.41, 5.74) is 5.92. The molecule has 3 nitrogen and oxygen atoms in total. The molecule has 2 N–H and O–H groups in total. The number of rotatable bonds is 1. The van der Waals surface area contributed by atoms with Crippen LogP contribution in [0.3, 0.4) is 0 Å². The fourth-order valence-corrected chi connectivity index (χ4v) is 1.80. The molecule has 2 rings (SSSR count). The maximum atomic E-state index is 12.7. The number of alkyl halides is 3. The summed E-state index contributed by atoms with van der Waals surface area (Å²) in [6.45, 7) is 0. The zero-order valence-corrected chi connectivity index (χ0v) is 9.61. The number of nitriles is 1. The molecule has 0 aromatic heterocycles. The van der Waals surface area contributed by atoms with Gasteiger partial charge in [-0.15, -0.1) is 0 Å². The summed E-state index contributed by atoms with van der Waals surface area (Å²) >= 11 is 0. The molecular weight excluding hydrogens is 257 g/mol. The zero-order chi connectivity index (χ0) is 14.0. The molecule has 1 aromatic rings. The molecule has 98 valence electrons. The zero-order valence-electron chi connectivity index (χ0n) is 9.61. The van der Waals surface area contributed by atoms with Crippen LogP contribution in [0.5, 0.6) is 0 Å². The summed E-state index contributed by atoms with van der Waals surface area (Å²) in [7, 11) is 0. The molecule has 1 atom stereocenters. The van der Waals surface area contributed by atoms with Crippen molar-refractivity contribution in [1.82, 2.24) is 0 Å². The first kappa shape index (κ1) is 13.0. The van der Waals surface area contributed by atoms with E-state index in [1.807, 2.05) is 0 Å². The predicted molar refractivity (Wildman–Crippen MR) is 61.2 cm³/mol. The van der Waals surface area contributed by atoms with E-state index in [0.717, 1.165) is 6.08 Å². The summed E-state index contributed by atoms with van der Waals surface area (Å²) in [6.07, 6.45) is -3.77. The van der Waals surface area contributed by atoms with E-state index in [1.54, 1.807) is 36.4 Å². The number of halogens is 3. The highest BCUT2D eigenvalue weighted by atomic mass is 19.4. The van der Waals surface area contributed by atoms with Gasteiger partial charge in [0.25, 0.3) is 0 Å². The quantitative estimate of drug-likeness (QED) is 0.850. The van der Waals surface area contributed by atoms with Gasteiger partial charge in [0.2, 0.25) is 11.6 Å². The number of allylic oxidation sites excluding steroid dienone is 3. The fraction of sp³-hybridized carbons (Fsp3) is 0.154. The normalized spacial score (nSPS) is 19.5. The van der Waals surface area contributed by atoms with Crippen LogP contribution in [0.1, 0.15) is 11.5 Å². The van der Waals surface area contributed by atoms with Gasteiger partial charge >= 0.3 is 6.18 Å². The van der Waals surface area contributed by atoms with Gasteiger partial charge < -0.3 is 10.5 Å². The summed E-state index contributed by atoms with van der Waals surface area (Å²) in [5.74, 6) is -2.55. The Kier molecular flexibility index (Phi) is 3.21. The van der Waals surface area contributed by atoms with E-state index in [4.69, 9.17) is 11.0 Å². The summed E-state index contributed by atoms with van der Waals surface area (Å²) in [4.78, 5) is 0. The highest BCUT2D eigenvalue weighted by molar-refractivity contribution is 5.44. The molecule has 0 unspecified atom stereocenters. The van der Waals surface area contributed by atoms with Crippen LogP contribution in [0.4, 0.5) is 13.2 Å². The van der Waals surface area contributed by atoms with E-state index in [2.05, 4.69) is 4.74 Å². The van der Waals surface area contributed by atoms with E-state index in [9.17, 15) is 13.2 Å². The molecule has 0 fully saturated rings. The molecule has 1 heterocycles. The van der Waals surface area contributed by atoms with Gasteiger partial charge in [0.15, 0.2) is 0 Å². The smallest absolute Gasteiger partial charge is 0.436 e. The van der Waals surface area contributed by atoms with Gasteiger partial charge in [-0.2, -0.15) is 18.4 Å². The van der Waals surface area contributed by atoms with Crippen molar-refractivity contribution in [3.05, 3.63) is 59.2 Å². The van der Waals surface area contributed by atoms with E-state index in [1.165, 1.54) is 0 Å². The second kappa shape index (κ2) is 4.69. The Morgan fingerprint density at radius 2 is 1.84 bits per heavy atom. The van der Waals surface area contributed by atoms with Crippen LogP contribution in [-0.4, -0.2) is 6.18 Å². The van der Waals surface area contributed by atoms with Gasteiger partial charge in [-0.1, -0.05) is 30.3 Å². The maximum absolute atomic E-state index is 12.7. The number of nitrogens with two attached hydrogens (primary N) is 1. The summed E-state index contributed by atoms with van der Waals surface area (Å²) in [6, 6.07) is 10.1. The van der Waals surface area contributed by atoms with Crippen molar-refractivity contribution in [3.63, 3.8) is 0 Å². The number of hydrogen-bond donors (Lipinski definition) is 1. The van der Waals surface area contributed by atoms with Gasteiger partial charge in [-0.25, -0.2) is 0 Å². The van der Waals surface area contributed by atoms with E-state index in [0.29, 0.717) is 5.56 Å². The second-order valence-electron chi connectivity index (χ2n) is 3.91.